The fourth-order valence-corrected chi connectivity index (χ4v) is 2.00. The van der Waals surface area contributed by atoms with Gasteiger partial charge in [-0.15, -0.1) is 0 Å². The van der Waals surface area contributed by atoms with Gasteiger partial charge in [0.15, 0.2) is 0 Å². The van der Waals surface area contributed by atoms with Gasteiger partial charge in [-0.25, -0.2) is 0 Å². The van der Waals surface area contributed by atoms with Crippen molar-refractivity contribution in [2.24, 2.45) is 0 Å². The van der Waals surface area contributed by atoms with Gasteiger partial charge in [-0.3, -0.25) is 0 Å². The van der Waals surface area contributed by atoms with Gasteiger partial charge in [0.25, 0.3) is 0 Å². The van der Waals surface area contributed by atoms with Crippen molar-refractivity contribution in [2.75, 3.05) is 13.2 Å². The summed E-state index contributed by atoms with van der Waals surface area (Å²) in [5.41, 5.74) is 0. The standard InChI is InChI=1S/C9H10Br2O2/c10-7-2-3-9(8(11)6-7)13-5-1-4-12/h2-3,6,12H,1,4-5H2. The minimum atomic E-state index is 0.161. The van der Waals surface area contributed by atoms with Crippen molar-refractivity contribution in [1.82, 2.24) is 0 Å². The summed E-state index contributed by atoms with van der Waals surface area (Å²) in [6.07, 6.45) is 0.655. The maximum atomic E-state index is 8.56. The lowest BCUT2D eigenvalue weighted by Crippen LogP contribution is -1.99. The van der Waals surface area contributed by atoms with E-state index in [-0.39, 0.29) is 6.61 Å². The number of rotatable bonds is 4. The highest BCUT2D eigenvalue weighted by atomic mass is 79.9. The molecule has 0 spiro atoms. The summed E-state index contributed by atoms with van der Waals surface area (Å²) in [5.74, 6) is 0.802. The van der Waals surface area contributed by atoms with Crippen LogP contribution in [0.25, 0.3) is 0 Å². The Morgan fingerprint density at radius 3 is 2.69 bits per heavy atom. The van der Waals surface area contributed by atoms with Crippen molar-refractivity contribution in [3.05, 3.63) is 27.1 Å². The van der Waals surface area contributed by atoms with Crippen LogP contribution in [0, 0.1) is 0 Å². The highest BCUT2D eigenvalue weighted by molar-refractivity contribution is 9.11. The molecule has 0 aliphatic heterocycles. The molecular weight excluding hydrogens is 300 g/mol. The Hall–Kier alpha value is -0.0600. The van der Waals surface area contributed by atoms with Gasteiger partial charge in [-0.1, -0.05) is 15.9 Å². The predicted octanol–water partition coefficient (Wildman–Crippen LogP) is 2.97. The summed E-state index contributed by atoms with van der Waals surface area (Å²) in [6.45, 7) is 0.699. The van der Waals surface area contributed by atoms with Crippen molar-refractivity contribution in [3.63, 3.8) is 0 Å². The van der Waals surface area contributed by atoms with Gasteiger partial charge < -0.3 is 9.84 Å². The number of hydrogen-bond acceptors (Lipinski definition) is 2. The molecule has 0 amide bonds. The first-order valence-electron chi connectivity index (χ1n) is 3.93. The Morgan fingerprint density at radius 1 is 1.31 bits per heavy atom. The molecule has 0 fully saturated rings. The topological polar surface area (TPSA) is 29.5 Å². The average molecular weight is 310 g/mol. The van der Waals surface area contributed by atoms with Crippen molar-refractivity contribution in [3.8, 4) is 5.75 Å². The second kappa shape index (κ2) is 5.62. The minimum Gasteiger partial charge on any atom is -0.492 e. The Labute approximate surface area is 94.2 Å². The first-order valence-corrected chi connectivity index (χ1v) is 5.51. The molecule has 1 rings (SSSR count). The molecule has 1 aromatic rings. The Balaban J connectivity index is 2.56. The van der Waals surface area contributed by atoms with E-state index in [1.165, 1.54) is 0 Å². The number of ether oxygens (including phenoxy) is 1. The summed E-state index contributed by atoms with van der Waals surface area (Å²) in [5, 5.41) is 8.56. The molecule has 0 aromatic heterocycles. The van der Waals surface area contributed by atoms with E-state index in [0.29, 0.717) is 13.0 Å². The van der Waals surface area contributed by atoms with Gasteiger partial charge in [0.05, 0.1) is 11.1 Å². The number of halogens is 2. The van der Waals surface area contributed by atoms with Crippen LogP contribution in [0.4, 0.5) is 0 Å². The lowest BCUT2D eigenvalue weighted by Gasteiger charge is -2.06. The van der Waals surface area contributed by atoms with Crippen LogP contribution in [0.2, 0.25) is 0 Å². The third-order valence-corrected chi connectivity index (χ3v) is 2.57. The van der Waals surface area contributed by atoms with E-state index in [2.05, 4.69) is 31.9 Å². The highest BCUT2D eigenvalue weighted by Gasteiger charge is 2.00. The Bertz CT molecular complexity index is 276. The van der Waals surface area contributed by atoms with Crippen LogP contribution in [-0.2, 0) is 0 Å². The molecule has 0 bridgehead atoms. The number of benzene rings is 1. The molecule has 1 N–H and O–H groups in total. The van der Waals surface area contributed by atoms with Crippen LogP contribution in [0.5, 0.6) is 5.75 Å². The van der Waals surface area contributed by atoms with Gasteiger partial charge in [0.2, 0.25) is 0 Å². The highest BCUT2D eigenvalue weighted by Crippen LogP contribution is 2.28. The molecule has 72 valence electrons. The Kier molecular flexibility index (Phi) is 4.77. The molecule has 0 heterocycles. The van der Waals surface area contributed by atoms with Crippen molar-refractivity contribution < 1.29 is 9.84 Å². The van der Waals surface area contributed by atoms with Crippen molar-refractivity contribution in [1.29, 1.82) is 0 Å². The number of hydrogen-bond donors (Lipinski definition) is 1. The second-order valence-corrected chi connectivity index (χ2v) is 4.27. The largest absolute Gasteiger partial charge is 0.492 e. The second-order valence-electron chi connectivity index (χ2n) is 2.50. The van der Waals surface area contributed by atoms with Crippen LogP contribution in [0.3, 0.4) is 0 Å². The summed E-state index contributed by atoms with van der Waals surface area (Å²) in [7, 11) is 0. The predicted molar refractivity (Wildman–Crippen MR) is 59.0 cm³/mol. The van der Waals surface area contributed by atoms with E-state index in [1.807, 2.05) is 18.2 Å². The summed E-state index contributed by atoms with van der Waals surface area (Å²) in [6, 6.07) is 5.72. The monoisotopic (exact) mass is 308 g/mol. The van der Waals surface area contributed by atoms with E-state index in [9.17, 15) is 0 Å². The van der Waals surface area contributed by atoms with Crippen molar-refractivity contribution in [2.45, 2.75) is 6.42 Å². The molecule has 2 nitrogen and oxygen atoms in total. The SMILES string of the molecule is OCCCOc1ccc(Br)cc1Br. The Morgan fingerprint density at radius 2 is 2.08 bits per heavy atom. The summed E-state index contributed by atoms with van der Waals surface area (Å²) >= 11 is 6.73. The molecule has 13 heavy (non-hydrogen) atoms. The zero-order chi connectivity index (χ0) is 9.68. The smallest absolute Gasteiger partial charge is 0.133 e. The van der Waals surface area contributed by atoms with E-state index in [4.69, 9.17) is 9.84 Å². The molecule has 0 saturated carbocycles. The maximum absolute atomic E-state index is 8.56. The van der Waals surface area contributed by atoms with E-state index >= 15 is 0 Å². The lowest BCUT2D eigenvalue weighted by molar-refractivity contribution is 0.233. The molecule has 0 unspecified atom stereocenters. The molecule has 0 radical (unpaired) electrons. The van der Waals surface area contributed by atoms with E-state index < -0.39 is 0 Å². The fraction of sp³-hybridized carbons (Fsp3) is 0.333. The van der Waals surface area contributed by atoms with Crippen LogP contribution in [0.1, 0.15) is 6.42 Å². The van der Waals surface area contributed by atoms with Gasteiger partial charge in [-0.2, -0.15) is 0 Å². The molecule has 4 heteroatoms. The van der Waals surface area contributed by atoms with Crippen LogP contribution >= 0.6 is 31.9 Å². The molecule has 0 saturated heterocycles. The quantitative estimate of drug-likeness (QED) is 0.867. The van der Waals surface area contributed by atoms with E-state index in [1.54, 1.807) is 0 Å². The van der Waals surface area contributed by atoms with Crippen LogP contribution in [0.15, 0.2) is 27.1 Å². The molecule has 0 aliphatic rings. The molecular formula is C9H10Br2O2. The number of aliphatic hydroxyl groups excluding tert-OH is 1. The molecule has 1 aromatic carbocycles. The summed E-state index contributed by atoms with van der Waals surface area (Å²) in [4.78, 5) is 0. The third-order valence-electron chi connectivity index (χ3n) is 1.45. The third kappa shape index (κ3) is 3.67. The van der Waals surface area contributed by atoms with Gasteiger partial charge in [0, 0.05) is 17.5 Å². The van der Waals surface area contributed by atoms with Gasteiger partial charge >= 0.3 is 0 Å². The normalized spacial score (nSPS) is 10.1. The zero-order valence-electron chi connectivity index (χ0n) is 6.96. The molecule has 0 atom stereocenters. The minimum absolute atomic E-state index is 0.161. The van der Waals surface area contributed by atoms with Crippen molar-refractivity contribution >= 4 is 31.9 Å². The van der Waals surface area contributed by atoms with Crippen LogP contribution in [-0.4, -0.2) is 18.3 Å². The lowest BCUT2D eigenvalue weighted by atomic mass is 10.3. The molecule has 0 aliphatic carbocycles. The van der Waals surface area contributed by atoms with E-state index in [0.717, 1.165) is 14.7 Å². The zero-order valence-corrected chi connectivity index (χ0v) is 10.1. The van der Waals surface area contributed by atoms with Crippen LogP contribution < -0.4 is 4.74 Å². The van der Waals surface area contributed by atoms with Gasteiger partial charge in [-0.05, 0) is 34.1 Å². The first kappa shape index (κ1) is 11.0. The average Bonchev–Trinajstić information content (AvgIpc) is 2.09. The van der Waals surface area contributed by atoms with Gasteiger partial charge in [0.1, 0.15) is 5.75 Å². The number of aliphatic hydroxyl groups is 1. The maximum Gasteiger partial charge on any atom is 0.133 e. The summed E-state index contributed by atoms with van der Waals surface area (Å²) < 4.78 is 7.33. The fourth-order valence-electron chi connectivity index (χ4n) is 0.839. The first-order chi connectivity index (χ1) is 6.24.